The molecule has 4 saturated carbocycles. The van der Waals surface area contributed by atoms with Gasteiger partial charge in [-0.3, -0.25) is 19.3 Å². The maximum absolute atomic E-state index is 14.2. The number of nitrogens with two attached hydrogens (primary N) is 1. The van der Waals surface area contributed by atoms with Crippen LogP contribution in [-0.4, -0.2) is 64.7 Å². The minimum absolute atomic E-state index is 0.0320. The fourth-order valence-electron chi connectivity index (χ4n) is 13.6. The summed E-state index contributed by atoms with van der Waals surface area (Å²) in [6.07, 6.45) is 7.00. The van der Waals surface area contributed by atoms with Crippen LogP contribution in [-0.2, 0) is 25.7 Å². The van der Waals surface area contributed by atoms with Crippen LogP contribution < -0.4 is 5.73 Å². The Kier molecular flexibility index (Phi) is 11.4. The zero-order chi connectivity index (χ0) is 40.5. The smallest absolute Gasteiger partial charge is 0.309 e. The van der Waals surface area contributed by atoms with Gasteiger partial charge >= 0.3 is 11.9 Å². The first-order chi connectivity index (χ1) is 25.6. The first-order valence-corrected chi connectivity index (χ1v) is 21.5. The molecule has 6 rings (SSSR count). The van der Waals surface area contributed by atoms with Crippen LogP contribution in [0.3, 0.4) is 0 Å². The van der Waals surface area contributed by atoms with Gasteiger partial charge in [-0.2, -0.15) is 0 Å². The summed E-state index contributed by atoms with van der Waals surface area (Å²) in [5.41, 5.74) is 7.54. The monoisotopic (exact) mass is 780 g/mol. The Bertz CT molecular complexity index is 1690. The molecule has 0 heterocycles. The summed E-state index contributed by atoms with van der Waals surface area (Å²) in [5, 5.41) is 22.8. The molecule has 5 aliphatic carbocycles. The molecule has 8 nitrogen and oxygen atoms in total. The number of hydrogen-bond acceptors (Lipinski definition) is 7. The third-order valence-electron chi connectivity index (χ3n) is 16.7. The summed E-state index contributed by atoms with van der Waals surface area (Å²) in [6.45, 7) is 21.9. The summed E-state index contributed by atoms with van der Waals surface area (Å²) in [6, 6.07) is 7.86. The standard InChI is InChI=1S/C46H69ClN2O6/c1-28(2)38-32(50)24-46(35(51)27-49(23-22-48)26-29-10-12-30(47)13-11-29)21-20-44(8)31(39(38)46)14-15-34-43(7)18-17-36(55-37(52)25-41(3,4)40(53)54)42(5,6)33(43)16-19-45(34,44)9/h10-13,28,31,33-36,51H,14-27,48H2,1-9H3,(H,53,54)/t31-,33+,34-,35-,36+,43+,44-,45-,46+/m1/s1. The molecule has 0 spiro atoms. The third kappa shape index (κ3) is 6.95. The fourth-order valence-corrected chi connectivity index (χ4v) is 13.7. The summed E-state index contributed by atoms with van der Waals surface area (Å²) in [7, 11) is 0. The van der Waals surface area contributed by atoms with Gasteiger partial charge in [-0.05, 0) is 128 Å². The molecule has 0 amide bonds. The number of benzene rings is 1. The van der Waals surface area contributed by atoms with E-state index in [0.29, 0.717) is 49.5 Å². The highest BCUT2D eigenvalue weighted by molar-refractivity contribution is 6.30. The van der Waals surface area contributed by atoms with E-state index in [-0.39, 0.29) is 51.8 Å². The molecule has 0 bridgehead atoms. The molecule has 306 valence electrons. The van der Waals surface area contributed by atoms with Crippen LogP contribution >= 0.6 is 11.6 Å². The molecule has 0 saturated heterocycles. The SMILES string of the molecule is CC(C)C1=C2[C@H]3CC[C@@H]4[C@@]5(C)CC[C@H](OC(=O)CC(C)(C)C(=O)O)C(C)(C)[C@@H]5CC[C@@]4(C)[C@]3(C)CC[C@@]2([C@H](O)CN(CCN)Cc2ccc(Cl)cc2)CC1=O. The van der Waals surface area contributed by atoms with Crippen molar-refractivity contribution in [1.82, 2.24) is 4.90 Å². The summed E-state index contributed by atoms with van der Waals surface area (Å²) < 4.78 is 6.18. The average Bonchev–Trinajstić information content (AvgIpc) is 3.40. The van der Waals surface area contributed by atoms with Crippen LogP contribution in [0.15, 0.2) is 35.4 Å². The second-order valence-corrected chi connectivity index (χ2v) is 21.2. The lowest BCUT2D eigenvalue weighted by Gasteiger charge is -2.72. The number of nitrogens with zero attached hydrogens (tertiary/aromatic N) is 1. The highest BCUT2D eigenvalue weighted by Gasteiger charge is 2.71. The van der Waals surface area contributed by atoms with E-state index in [1.165, 1.54) is 5.57 Å². The highest BCUT2D eigenvalue weighted by atomic mass is 35.5. The van der Waals surface area contributed by atoms with Gasteiger partial charge in [0.15, 0.2) is 5.78 Å². The van der Waals surface area contributed by atoms with Crippen LogP contribution in [0.25, 0.3) is 0 Å². The first-order valence-electron chi connectivity index (χ1n) is 21.1. The van der Waals surface area contributed by atoms with E-state index >= 15 is 0 Å². The zero-order valence-corrected chi connectivity index (χ0v) is 35.9. The number of aliphatic hydroxyl groups excluding tert-OH is 1. The number of rotatable bonds is 12. The van der Waals surface area contributed by atoms with Crippen LogP contribution in [0.4, 0.5) is 0 Å². The van der Waals surface area contributed by atoms with Crippen molar-refractivity contribution in [3.05, 3.63) is 46.0 Å². The number of carboxylic acid groups (broad SMARTS) is 1. The highest BCUT2D eigenvalue weighted by Crippen LogP contribution is 2.77. The Morgan fingerprint density at radius 2 is 1.64 bits per heavy atom. The molecule has 9 heteroatoms. The number of Topliss-reactive ketones (excluding diaryl/α,β-unsaturated/α-hetero) is 1. The lowest BCUT2D eigenvalue weighted by molar-refractivity contribution is -0.235. The van der Waals surface area contributed by atoms with Gasteiger partial charge < -0.3 is 20.7 Å². The van der Waals surface area contributed by atoms with Gasteiger partial charge in [0, 0.05) is 48.5 Å². The average molecular weight is 782 g/mol. The number of carboxylic acids is 1. The van der Waals surface area contributed by atoms with E-state index in [2.05, 4.69) is 53.4 Å². The number of ether oxygens (including phenoxy) is 1. The molecule has 0 aliphatic heterocycles. The molecular formula is C46H69ClN2O6. The topological polar surface area (TPSA) is 130 Å². The molecule has 0 unspecified atom stereocenters. The van der Waals surface area contributed by atoms with Crippen LogP contribution in [0.1, 0.15) is 132 Å². The Hall–Kier alpha value is -2.26. The van der Waals surface area contributed by atoms with Crippen molar-refractivity contribution in [3.63, 3.8) is 0 Å². The Balaban J connectivity index is 1.28. The van der Waals surface area contributed by atoms with Crippen LogP contribution in [0.2, 0.25) is 5.02 Å². The lowest BCUT2D eigenvalue weighted by Crippen LogP contribution is -2.66. The number of aliphatic carboxylic acids is 1. The lowest BCUT2D eigenvalue weighted by atomic mass is 9.33. The largest absolute Gasteiger partial charge is 0.481 e. The number of ketones is 1. The van der Waals surface area contributed by atoms with Gasteiger partial charge in [0.1, 0.15) is 6.10 Å². The molecular weight excluding hydrogens is 712 g/mol. The van der Waals surface area contributed by atoms with E-state index < -0.39 is 28.9 Å². The van der Waals surface area contributed by atoms with Crippen molar-refractivity contribution in [2.45, 2.75) is 145 Å². The predicted molar refractivity (Wildman–Crippen MR) is 217 cm³/mol. The van der Waals surface area contributed by atoms with Crippen molar-refractivity contribution in [1.29, 1.82) is 0 Å². The Morgan fingerprint density at radius 1 is 0.964 bits per heavy atom. The molecule has 1 aromatic rings. The van der Waals surface area contributed by atoms with Crippen molar-refractivity contribution < 1.29 is 29.3 Å². The number of carbonyl (C=O) groups excluding carboxylic acids is 2. The zero-order valence-electron chi connectivity index (χ0n) is 35.1. The van der Waals surface area contributed by atoms with Crippen molar-refractivity contribution >= 4 is 29.3 Å². The number of halogens is 1. The second-order valence-electron chi connectivity index (χ2n) is 20.7. The van der Waals surface area contributed by atoms with Crippen molar-refractivity contribution in [2.24, 2.45) is 61.9 Å². The Labute approximate surface area is 335 Å². The quantitative estimate of drug-likeness (QED) is 0.180. The molecule has 55 heavy (non-hydrogen) atoms. The van der Waals surface area contributed by atoms with E-state index in [1.54, 1.807) is 13.8 Å². The molecule has 5 aliphatic rings. The van der Waals surface area contributed by atoms with Gasteiger partial charge in [-0.25, -0.2) is 0 Å². The number of hydrogen-bond donors (Lipinski definition) is 3. The summed E-state index contributed by atoms with van der Waals surface area (Å²) in [5.74, 6) is -0.0535. The van der Waals surface area contributed by atoms with Gasteiger partial charge in [0.05, 0.1) is 17.9 Å². The normalized spacial score (nSPS) is 36.2. The molecule has 1 aromatic carbocycles. The van der Waals surface area contributed by atoms with E-state index in [0.717, 1.165) is 62.5 Å². The minimum atomic E-state index is -1.17. The third-order valence-corrected chi connectivity index (χ3v) is 16.9. The predicted octanol–water partition coefficient (Wildman–Crippen LogP) is 8.86. The molecule has 4 fully saturated rings. The van der Waals surface area contributed by atoms with Gasteiger partial charge in [0.2, 0.25) is 0 Å². The summed E-state index contributed by atoms with van der Waals surface area (Å²) >= 11 is 6.19. The molecule has 4 N–H and O–H groups in total. The first kappa shape index (κ1) is 42.3. The minimum Gasteiger partial charge on any atom is -0.481 e. The number of fused-ring (bicyclic) bond motifs is 7. The van der Waals surface area contributed by atoms with E-state index in [4.69, 9.17) is 22.1 Å². The molecule has 0 radical (unpaired) electrons. The second kappa shape index (κ2) is 14.8. The summed E-state index contributed by atoms with van der Waals surface area (Å²) in [4.78, 5) is 41.4. The fraction of sp³-hybridized carbons (Fsp3) is 0.761. The number of aliphatic hydroxyl groups is 1. The van der Waals surface area contributed by atoms with E-state index in [9.17, 15) is 24.6 Å². The maximum atomic E-state index is 14.2. The number of esters is 1. The van der Waals surface area contributed by atoms with Gasteiger partial charge in [0.25, 0.3) is 0 Å². The van der Waals surface area contributed by atoms with Gasteiger partial charge in [-0.1, -0.05) is 77.8 Å². The number of allylic oxidation sites excluding steroid dienone is 1. The molecule has 0 aromatic heterocycles. The van der Waals surface area contributed by atoms with E-state index in [1.807, 2.05) is 24.3 Å². The van der Waals surface area contributed by atoms with Crippen LogP contribution in [0, 0.1) is 56.2 Å². The van der Waals surface area contributed by atoms with Gasteiger partial charge in [-0.15, -0.1) is 0 Å². The van der Waals surface area contributed by atoms with Crippen LogP contribution in [0.5, 0.6) is 0 Å². The van der Waals surface area contributed by atoms with Crippen molar-refractivity contribution in [3.8, 4) is 0 Å². The Morgan fingerprint density at radius 3 is 2.25 bits per heavy atom. The maximum Gasteiger partial charge on any atom is 0.309 e. The van der Waals surface area contributed by atoms with Crippen molar-refractivity contribution in [2.75, 3.05) is 19.6 Å². The molecule has 9 atom stereocenters. The number of carbonyl (C=O) groups is 3.